The Morgan fingerprint density at radius 1 is 1.53 bits per heavy atom. The van der Waals surface area contributed by atoms with Gasteiger partial charge in [0.1, 0.15) is 0 Å². The van der Waals surface area contributed by atoms with Gasteiger partial charge in [-0.3, -0.25) is 0 Å². The molecule has 2 aliphatic carbocycles. The number of amides is 2. The average Bonchev–Trinajstić information content (AvgIpc) is 2.46. The SMILES string of the molecule is CC12CCC(C/C1=N/NC(N)=O)C2(C)C. The quantitative estimate of drug-likeness (QED) is 0.636. The fourth-order valence-corrected chi connectivity index (χ4v) is 3.22. The monoisotopic (exact) mass is 209 g/mol. The van der Waals surface area contributed by atoms with Gasteiger partial charge in [-0.2, -0.15) is 5.10 Å². The van der Waals surface area contributed by atoms with Gasteiger partial charge in [-0.15, -0.1) is 0 Å². The number of carbonyl (C=O) groups is 1. The smallest absolute Gasteiger partial charge is 0.332 e. The van der Waals surface area contributed by atoms with Crippen LogP contribution in [-0.2, 0) is 0 Å². The first-order valence-electron chi connectivity index (χ1n) is 5.50. The third-order valence-electron chi connectivity index (χ3n) is 4.81. The molecule has 0 aromatic heterocycles. The Labute approximate surface area is 90.3 Å². The zero-order chi connectivity index (χ0) is 11.3. The summed E-state index contributed by atoms with van der Waals surface area (Å²) in [5, 5.41) is 4.16. The maximum absolute atomic E-state index is 10.6. The Balaban J connectivity index is 2.26. The normalized spacial score (nSPS) is 39.7. The lowest BCUT2D eigenvalue weighted by Gasteiger charge is -2.34. The molecule has 2 amide bonds. The number of fused-ring (bicyclic) bond motifs is 2. The molecular weight excluding hydrogens is 190 g/mol. The molecule has 2 unspecified atom stereocenters. The van der Waals surface area contributed by atoms with Gasteiger partial charge in [0, 0.05) is 11.1 Å². The predicted molar refractivity (Wildman–Crippen MR) is 59.4 cm³/mol. The summed E-state index contributed by atoms with van der Waals surface area (Å²) in [7, 11) is 0. The number of nitrogens with zero attached hydrogens (tertiary/aromatic N) is 1. The van der Waals surface area contributed by atoms with Crippen molar-refractivity contribution in [1.82, 2.24) is 5.43 Å². The van der Waals surface area contributed by atoms with E-state index in [-0.39, 0.29) is 5.41 Å². The van der Waals surface area contributed by atoms with Crippen LogP contribution in [0.2, 0.25) is 0 Å². The Kier molecular flexibility index (Phi) is 2.07. The fraction of sp³-hybridized carbons (Fsp3) is 0.818. The standard InChI is InChI=1S/C11H19N3O/c1-10(2)7-4-5-11(10,3)8(6-7)13-14-9(12)15/h7H,4-6H2,1-3H3,(H3,12,14,15)/b13-8-. The van der Waals surface area contributed by atoms with E-state index >= 15 is 0 Å². The van der Waals surface area contributed by atoms with Gasteiger partial charge in [0.25, 0.3) is 0 Å². The van der Waals surface area contributed by atoms with Gasteiger partial charge in [0.05, 0.1) is 0 Å². The zero-order valence-electron chi connectivity index (χ0n) is 9.63. The van der Waals surface area contributed by atoms with E-state index in [2.05, 4.69) is 31.3 Å². The minimum Gasteiger partial charge on any atom is -0.350 e. The van der Waals surface area contributed by atoms with Crippen molar-refractivity contribution in [2.75, 3.05) is 0 Å². The number of rotatable bonds is 1. The second kappa shape index (κ2) is 2.97. The minimum absolute atomic E-state index is 0.139. The van der Waals surface area contributed by atoms with Crippen LogP contribution >= 0.6 is 0 Å². The van der Waals surface area contributed by atoms with Crippen molar-refractivity contribution in [3.63, 3.8) is 0 Å². The third kappa shape index (κ3) is 1.27. The molecule has 2 rings (SSSR count). The molecule has 0 aromatic carbocycles. The van der Waals surface area contributed by atoms with Crippen molar-refractivity contribution in [2.24, 2.45) is 27.6 Å². The van der Waals surface area contributed by atoms with Crippen LogP contribution in [0.3, 0.4) is 0 Å². The molecule has 0 saturated heterocycles. The van der Waals surface area contributed by atoms with Gasteiger partial charge < -0.3 is 5.73 Å². The first kappa shape index (κ1) is 10.5. The van der Waals surface area contributed by atoms with Gasteiger partial charge in [-0.1, -0.05) is 20.8 Å². The van der Waals surface area contributed by atoms with Gasteiger partial charge in [0.15, 0.2) is 0 Å². The Morgan fingerprint density at radius 3 is 2.60 bits per heavy atom. The van der Waals surface area contributed by atoms with Crippen molar-refractivity contribution >= 4 is 11.7 Å². The number of urea groups is 1. The van der Waals surface area contributed by atoms with Crippen molar-refractivity contribution in [1.29, 1.82) is 0 Å². The van der Waals surface area contributed by atoms with E-state index in [0.717, 1.165) is 12.1 Å². The third-order valence-corrected chi connectivity index (χ3v) is 4.81. The molecule has 4 nitrogen and oxygen atoms in total. The van der Waals surface area contributed by atoms with E-state index in [4.69, 9.17) is 5.73 Å². The van der Waals surface area contributed by atoms with Crippen LogP contribution in [0.15, 0.2) is 5.10 Å². The van der Waals surface area contributed by atoms with Crippen molar-refractivity contribution in [2.45, 2.75) is 40.0 Å². The molecule has 2 fully saturated rings. The number of nitrogens with two attached hydrogens (primary N) is 1. The molecule has 2 aliphatic rings. The first-order chi connectivity index (χ1) is 6.88. The predicted octanol–water partition coefficient (Wildman–Crippen LogP) is 1.86. The molecule has 4 heteroatoms. The molecular formula is C11H19N3O. The van der Waals surface area contributed by atoms with Crippen LogP contribution in [0.5, 0.6) is 0 Å². The molecule has 0 aliphatic heterocycles. The number of hydrogen-bond donors (Lipinski definition) is 2. The summed E-state index contributed by atoms with van der Waals surface area (Å²) >= 11 is 0. The number of hydrogen-bond acceptors (Lipinski definition) is 2. The lowest BCUT2D eigenvalue weighted by Crippen LogP contribution is -2.35. The van der Waals surface area contributed by atoms with Crippen LogP contribution in [-0.4, -0.2) is 11.7 Å². The second-order valence-electron chi connectivity index (χ2n) is 5.53. The van der Waals surface area contributed by atoms with Crippen LogP contribution in [0.25, 0.3) is 0 Å². The Hall–Kier alpha value is -1.06. The summed E-state index contributed by atoms with van der Waals surface area (Å²) in [4.78, 5) is 10.6. The van der Waals surface area contributed by atoms with E-state index < -0.39 is 6.03 Å². The molecule has 84 valence electrons. The number of carbonyl (C=O) groups excluding carboxylic acids is 1. The van der Waals surface area contributed by atoms with Gasteiger partial charge >= 0.3 is 6.03 Å². The van der Waals surface area contributed by atoms with Crippen LogP contribution in [0.1, 0.15) is 40.0 Å². The van der Waals surface area contributed by atoms with Crippen LogP contribution in [0.4, 0.5) is 4.79 Å². The molecule has 0 spiro atoms. The minimum atomic E-state index is -0.577. The molecule has 2 saturated carbocycles. The molecule has 15 heavy (non-hydrogen) atoms. The fourth-order valence-electron chi connectivity index (χ4n) is 3.22. The Bertz CT molecular complexity index is 335. The summed E-state index contributed by atoms with van der Waals surface area (Å²) < 4.78 is 0. The molecule has 2 atom stereocenters. The molecule has 0 heterocycles. The van der Waals surface area contributed by atoms with E-state index in [1.54, 1.807) is 0 Å². The maximum atomic E-state index is 10.6. The van der Waals surface area contributed by atoms with E-state index in [0.29, 0.717) is 11.3 Å². The Morgan fingerprint density at radius 2 is 2.20 bits per heavy atom. The van der Waals surface area contributed by atoms with Gasteiger partial charge in [-0.05, 0) is 30.6 Å². The summed E-state index contributed by atoms with van der Waals surface area (Å²) in [6, 6.07) is -0.577. The highest BCUT2D eigenvalue weighted by Crippen LogP contribution is 2.63. The first-order valence-corrected chi connectivity index (χ1v) is 5.50. The summed E-state index contributed by atoms with van der Waals surface area (Å²) in [5.41, 5.74) is 8.93. The van der Waals surface area contributed by atoms with E-state index in [1.165, 1.54) is 12.8 Å². The van der Waals surface area contributed by atoms with Crippen LogP contribution < -0.4 is 11.2 Å². The van der Waals surface area contributed by atoms with Crippen molar-refractivity contribution in [3.05, 3.63) is 0 Å². The van der Waals surface area contributed by atoms with Crippen molar-refractivity contribution < 1.29 is 4.79 Å². The number of hydrazone groups is 1. The second-order valence-corrected chi connectivity index (χ2v) is 5.53. The molecule has 2 bridgehead atoms. The summed E-state index contributed by atoms with van der Waals surface area (Å²) in [6.45, 7) is 6.86. The highest BCUT2D eigenvalue weighted by molar-refractivity contribution is 5.94. The highest BCUT2D eigenvalue weighted by atomic mass is 16.2. The largest absolute Gasteiger partial charge is 0.350 e. The highest BCUT2D eigenvalue weighted by Gasteiger charge is 2.59. The maximum Gasteiger partial charge on any atom is 0.332 e. The molecule has 3 N–H and O–H groups in total. The molecule has 0 radical (unpaired) electrons. The van der Waals surface area contributed by atoms with Gasteiger partial charge in [0.2, 0.25) is 0 Å². The zero-order valence-corrected chi connectivity index (χ0v) is 9.63. The topological polar surface area (TPSA) is 67.5 Å². The van der Waals surface area contributed by atoms with Crippen LogP contribution in [0, 0.1) is 16.7 Å². The summed E-state index contributed by atoms with van der Waals surface area (Å²) in [6.07, 6.45) is 3.45. The lowest BCUT2D eigenvalue weighted by molar-refractivity contribution is 0.193. The lowest BCUT2D eigenvalue weighted by atomic mass is 9.70. The molecule has 0 aromatic rings. The number of nitrogens with one attached hydrogen (secondary N) is 1. The van der Waals surface area contributed by atoms with E-state index in [9.17, 15) is 4.79 Å². The average molecular weight is 209 g/mol. The van der Waals surface area contributed by atoms with Crippen molar-refractivity contribution in [3.8, 4) is 0 Å². The van der Waals surface area contributed by atoms with E-state index in [1.807, 2.05) is 0 Å². The number of primary amides is 1. The summed E-state index contributed by atoms with van der Waals surface area (Å²) in [5.74, 6) is 0.705. The van der Waals surface area contributed by atoms with Gasteiger partial charge in [-0.25, -0.2) is 10.2 Å².